The van der Waals surface area contributed by atoms with Crippen LogP contribution in [0.2, 0.25) is 5.02 Å². The van der Waals surface area contributed by atoms with Crippen LogP contribution >= 0.6 is 11.6 Å². The van der Waals surface area contributed by atoms with E-state index >= 15 is 0 Å². The molecule has 0 unspecified atom stereocenters. The fraction of sp³-hybridized carbons (Fsp3) is 0.333. The zero-order valence-electron chi connectivity index (χ0n) is 27.7. The Hall–Kier alpha value is -4.16. The predicted molar refractivity (Wildman–Crippen MR) is 190 cm³/mol. The van der Waals surface area contributed by atoms with Crippen LogP contribution in [0, 0.1) is 0 Å². The second kappa shape index (κ2) is 14.5. The first kappa shape index (κ1) is 35.2. The number of ether oxygens (including phenoxy) is 3. The van der Waals surface area contributed by atoms with Gasteiger partial charge in [0.1, 0.15) is 18.0 Å². The number of halogens is 1. The van der Waals surface area contributed by atoms with Gasteiger partial charge in [0.25, 0.3) is 11.7 Å². The second-order valence-corrected chi connectivity index (χ2v) is 14.8. The topological polar surface area (TPSA) is 114 Å². The van der Waals surface area contributed by atoms with E-state index in [0.717, 1.165) is 23.7 Å². The molecule has 0 saturated carbocycles. The minimum Gasteiger partial charge on any atom is -0.492 e. The summed E-state index contributed by atoms with van der Waals surface area (Å²) in [7, 11) is -2.50. The van der Waals surface area contributed by atoms with Gasteiger partial charge >= 0.3 is 0 Å². The number of hydrogen-bond acceptors (Lipinski definition) is 8. The van der Waals surface area contributed by atoms with Crippen molar-refractivity contribution in [1.29, 1.82) is 0 Å². The molecule has 0 atom stereocenters. The number of nitrogens with one attached hydrogen (secondary N) is 1. The first-order chi connectivity index (χ1) is 22.8. The maximum Gasteiger partial charge on any atom is 0.296 e. The number of carbonyl (C=O) groups is 2. The van der Waals surface area contributed by atoms with E-state index in [4.69, 9.17) is 25.8 Å². The Kier molecular flexibility index (Phi) is 10.6. The summed E-state index contributed by atoms with van der Waals surface area (Å²) in [5.41, 5.74) is 1.05. The zero-order chi connectivity index (χ0) is 34.6. The van der Waals surface area contributed by atoms with Crippen molar-refractivity contribution in [3.8, 4) is 11.5 Å². The normalized spacial score (nSPS) is 14.0. The summed E-state index contributed by atoms with van der Waals surface area (Å²) in [6, 6.07) is 20.4. The number of ketones is 1. The molecule has 48 heavy (non-hydrogen) atoms. The summed E-state index contributed by atoms with van der Waals surface area (Å²) in [6.45, 7) is 10.1. The van der Waals surface area contributed by atoms with Crippen molar-refractivity contribution in [2.24, 2.45) is 0 Å². The molecule has 5 rings (SSSR count). The van der Waals surface area contributed by atoms with Crippen LogP contribution in [-0.2, 0) is 25.0 Å². The largest absolute Gasteiger partial charge is 0.492 e. The van der Waals surface area contributed by atoms with Crippen LogP contribution in [0.5, 0.6) is 11.5 Å². The van der Waals surface area contributed by atoms with Gasteiger partial charge in [0.05, 0.1) is 38.0 Å². The number of hydrogen-bond donors (Lipinski definition) is 1. The van der Waals surface area contributed by atoms with Crippen LogP contribution in [0.15, 0.2) is 72.8 Å². The molecular formula is C36H40ClN3O7S. The fourth-order valence-corrected chi connectivity index (χ4v) is 6.91. The van der Waals surface area contributed by atoms with Crippen molar-refractivity contribution >= 4 is 61.1 Å². The average molecular weight is 694 g/mol. The quantitative estimate of drug-likeness (QED) is 0.141. The average Bonchev–Trinajstić information content (AvgIpc) is 3.04. The molecule has 1 aliphatic rings. The van der Waals surface area contributed by atoms with Gasteiger partial charge in [-0.25, -0.2) is 12.7 Å². The fourth-order valence-electron chi connectivity index (χ4n) is 5.64. The highest BCUT2D eigenvalue weighted by atomic mass is 35.5. The summed E-state index contributed by atoms with van der Waals surface area (Å²) >= 11 is 6.63. The van der Waals surface area contributed by atoms with Crippen molar-refractivity contribution in [2.75, 3.05) is 62.4 Å². The molecule has 0 bridgehead atoms. The Labute approximate surface area is 286 Å². The molecule has 1 heterocycles. The van der Waals surface area contributed by atoms with E-state index in [-0.39, 0.29) is 22.7 Å². The summed E-state index contributed by atoms with van der Waals surface area (Å²) in [5.74, 6) is -1.16. The van der Waals surface area contributed by atoms with E-state index in [1.54, 1.807) is 66.7 Å². The molecular weight excluding hydrogens is 654 g/mol. The molecule has 1 N–H and O–H groups in total. The minimum atomic E-state index is -3.88. The summed E-state index contributed by atoms with van der Waals surface area (Å²) in [6.07, 6.45) is 1.09. The number of methoxy groups -OCH3 is 1. The van der Waals surface area contributed by atoms with Gasteiger partial charge in [-0.05, 0) is 53.4 Å². The van der Waals surface area contributed by atoms with Crippen molar-refractivity contribution in [3.05, 3.63) is 88.9 Å². The zero-order valence-corrected chi connectivity index (χ0v) is 29.3. The first-order valence-electron chi connectivity index (χ1n) is 15.6. The monoisotopic (exact) mass is 693 g/mol. The van der Waals surface area contributed by atoms with Crippen molar-refractivity contribution in [3.63, 3.8) is 0 Å². The smallest absolute Gasteiger partial charge is 0.296 e. The van der Waals surface area contributed by atoms with Gasteiger partial charge < -0.3 is 19.5 Å². The lowest BCUT2D eigenvalue weighted by atomic mass is 9.86. The van der Waals surface area contributed by atoms with Gasteiger partial charge in [0.2, 0.25) is 10.0 Å². The lowest BCUT2D eigenvalue weighted by Gasteiger charge is -2.29. The van der Waals surface area contributed by atoms with Crippen LogP contribution in [0.3, 0.4) is 0 Å². The number of benzene rings is 4. The Bertz CT molecular complexity index is 1920. The Morgan fingerprint density at radius 2 is 1.71 bits per heavy atom. The number of carbonyl (C=O) groups excluding carboxylic acids is 2. The maximum atomic E-state index is 13.9. The summed E-state index contributed by atoms with van der Waals surface area (Å²) < 4.78 is 44.9. The van der Waals surface area contributed by atoms with Crippen molar-refractivity contribution in [2.45, 2.75) is 26.2 Å². The number of fused-ring (bicyclic) bond motifs is 1. The lowest BCUT2D eigenvalue weighted by molar-refractivity contribution is -0.112. The van der Waals surface area contributed by atoms with Gasteiger partial charge in [0, 0.05) is 41.0 Å². The molecule has 0 spiro atoms. The van der Waals surface area contributed by atoms with Crippen molar-refractivity contribution < 1.29 is 32.2 Å². The molecule has 0 radical (unpaired) electrons. The molecule has 0 aliphatic carbocycles. The third-order valence-electron chi connectivity index (χ3n) is 8.10. The molecule has 4 aromatic carbocycles. The van der Waals surface area contributed by atoms with Crippen LogP contribution in [0.4, 0.5) is 17.1 Å². The molecule has 10 nitrogen and oxygen atoms in total. The lowest BCUT2D eigenvalue weighted by Crippen LogP contribution is -2.38. The second-order valence-electron chi connectivity index (χ2n) is 12.5. The number of nitrogens with zero attached hydrogens (tertiary/aromatic N) is 2. The van der Waals surface area contributed by atoms with Gasteiger partial charge in [0.15, 0.2) is 5.75 Å². The number of morpholine rings is 1. The number of sulfonamides is 1. The van der Waals surface area contributed by atoms with E-state index in [1.807, 2.05) is 20.8 Å². The van der Waals surface area contributed by atoms with Crippen LogP contribution < -0.4 is 19.1 Å². The highest BCUT2D eigenvalue weighted by molar-refractivity contribution is 7.92. The highest BCUT2D eigenvalue weighted by Crippen LogP contribution is 2.44. The van der Waals surface area contributed by atoms with Gasteiger partial charge in [-0.15, -0.1) is 0 Å². The van der Waals surface area contributed by atoms with E-state index in [0.29, 0.717) is 59.2 Å². The standard InChI is InChI=1S/C36H40ClN3O7S/c1-36(2,3)24-22-29(34(45-4)30(23-24)40(48(5,43)44)25-10-7-6-8-11-25)38-35(42)33(41)27-14-15-31(26-12-9-13-28(37)32(26)27)47-21-18-39-16-19-46-20-17-39/h6-15,22-23H,16-21H2,1-5H3,(H,38,42). The molecule has 12 heteroatoms. The SMILES string of the molecule is COc1c(NC(=O)C(=O)c2ccc(OCCN3CCOCC3)c3cccc(Cl)c23)cc(C(C)(C)C)cc1N(c1ccccc1)S(C)(=O)=O. The number of anilines is 3. The third kappa shape index (κ3) is 7.76. The van der Waals surface area contributed by atoms with E-state index < -0.39 is 27.1 Å². The molecule has 1 saturated heterocycles. The first-order valence-corrected chi connectivity index (χ1v) is 17.8. The number of para-hydroxylation sites is 1. The summed E-state index contributed by atoms with van der Waals surface area (Å²) in [5, 5.41) is 4.01. The van der Waals surface area contributed by atoms with Crippen molar-refractivity contribution in [1.82, 2.24) is 4.90 Å². The molecule has 1 fully saturated rings. The third-order valence-corrected chi connectivity index (χ3v) is 9.48. The predicted octanol–water partition coefficient (Wildman–Crippen LogP) is 6.43. The maximum absolute atomic E-state index is 13.9. The Balaban J connectivity index is 1.51. The van der Waals surface area contributed by atoms with Crippen LogP contribution in [-0.4, -0.2) is 77.8 Å². The van der Waals surface area contributed by atoms with Gasteiger partial charge in [-0.2, -0.15) is 0 Å². The highest BCUT2D eigenvalue weighted by Gasteiger charge is 2.30. The molecule has 4 aromatic rings. The van der Waals surface area contributed by atoms with E-state index in [9.17, 15) is 18.0 Å². The Morgan fingerprint density at radius 3 is 2.35 bits per heavy atom. The van der Waals surface area contributed by atoms with Crippen LogP contribution in [0.1, 0.15) is 36.7 Å². The minimum absolute atomic E-state index is 0.0744. The van der Waals surface area contributed by atoms with Gasteiger partial charge in [-0.3, -0.25) is 14.5 Å². The van der Waals surface area contributed by atoms with E-state index in [2.05, 4.69) is 10.2 Å². The molecule has 1 amide bonds. The van der Waals surface area contributed by atoms with Crippen LogP contribution in [0.25, 0.3) is 10.8 Å². The molecule has 254 valence electrons. The van der Waals surface area contributed by atoms with E-state index in [1.165, 1.54) is 13.2 Å². The number of amides is 1. The van der Waals surface area contributed by atoms with Gasteiger partial charge in [-0.1, -0.05) is 62.7 Å². The number of rotatable bonds is 11. The summed E-state index contributed by atoms with van der Waals surface area (Å²) in [4.78, 5) is 29.8. The molecule has 0 aromatic heterocycles. The Morgan fingerprint density at radius 1 is 1.00 bits per heavy atom. The molecule has 1 aliphatic heterocycles. The number of Topliss-reactive ketones (excluding diaryl/α,β-unsaturated/α-hetero) is 1.